The zero-order valence-corrected chi connectivity index (χ0v) is 9.91. The highest BCUT2D eigenvalue weighted by Crippen LogP contribution is 2.29. The Morgan fingerprint density at radius 3 is 2.60 bits per heavy atom. The first kappa shape index (κ1) is 10.5. The lowest BCUT2D eigenvalue weighted by atomic mass is 10.5. The molecule has 0 amide bonds. The molecule has 0 aliphatic heterocycles. The lowest BCUT2D eigenvalue weighted by Gasteiger charge is -1.88. The summed E-state index contributed by atoms with van der Waals surface area (Å²) < 4.78 is 31.1. The third kappa shape index (κ3) is 2.16. The van der Waals surface area contributed by atoms with Crippen molar-refractivity contribution in [1.82, 2.24) is 4.37 Å². The highest BCUT2D eigenvalue weighted by Gasteiger charge is 2.14. The molecule has 2 rings (SSSR count). The van der Waals surface area contributed by atoms with Crippen molar-refractivity contribution in [3.8, 4) is 10.8 Å². The maximum absolute atomic E-state index is 11.2. The molecule has 8 heteroatoms. The standard InChI is InChI=1S/C7H5NO4S3/c1-15(10,11)5-3-2-4(13-5)6-8-14-7(9)12-6/h2-3H,1H3. The minimum Gasteiger partial charge on any atom is -0.393 e. The van der Waals surface area contributed by atoms with E-state index < -0.39 is 14.8 Å². The van der Waals surface area contributed by atoms with Gasteiger partial charge in [-0.2, -0.15) is 0 Å². The molecule has 0 saturated carbocycles. The van der Waals surface area contributed by atoms with Crippen molar-refractivity contribution < 1.29 is 12.8 Å². The normalized spacial score (nSPS) is 11.8. The Labute approximate surface area is 93.1 Å². The van der Waals surface area contributed by atoms with Gasteiger partial charge < -0.3 is 4.42 Å². The van der Waals surface area contributed by atoms with Crippen LogP contribution in [0.5, 0.6) is 0 Å². The largest absolute Gasteiger partial charge is 0.414 e. The Bertz CT molecular complexity index is 633. The fourth-order valence-corrected chi connectivity index (χ4v) is 3.25. The molecule has 0 fully saturated rings. The number of thiophene rings is 1. The van der Waals surface area contributed by atoms with Crippen LogP contribution in [0.2, 0.25) is 0 Å². The summed E-state index contributed by atoms with van der Waals surface area (Å²) in [6.45, 7) is 0. The summed E-state index contributed by atoms with van der Waals surface area (Å²) in [5.74, 6) is 0.171. The fourth-order valence-electron chi connectivity index (χ4n) is 0.925. The average Bonchev–Trinajstić information content (AvgIpc) is 2.69. The van der Waals surface area contributed by atoms with Crippen molar-refractivity contribution in [3.05, 3.63) is 21.9 Å². The maximum Gasteiger partial charge on any atom is 0.414 e. The van der Waals surface area contributed by atoms with Crippen LogP contribution in [-0.4, -0.2) is 19.0 Å². The minimum atomic E-state index is -3.21. The first-order valence-electron chi connectivity index (χ1n) is 3.74. The highest BCUT2D eigenvalue weighted by atomic mass is 32.2. The van der Waals surface area contributed by atoms with Crippen LogP contribution < -0.4 is 4.94 Å². The molecule has 0 aromatic carbocycles. The lowest BCUT2D eigenvalue weighted by molar-refractivity contribution is 0.544. The van der Waals surface area contributed by atoms with E-state index in [-0.39, 0.29) is 10.1 Å². The first-order valence-corrected chi connectivity index (χ1v) is 7.22. The number of sulfone groups is 1. The minimum absolute atomic E-state index is 0.171. The quantitative estimate of drug-likeness (QED) is 0.814. The van der Waals surface area contributed by atoms with Crippen LogP contribution in [0, 0.1) is 0 Å². The van der Waals surface area contributed by atoms with Gasteiger partial charge in [-0.3, -0.25) is 0 Å². The summed E-state index contributed by atoms with van der Waals surface area (Å²) in [4.78, 5) is 10.8. The van der Waals surface area contributed by atoms with Gasteiger partial charge in [-0.1, -0.05) is 0 Å². The molecule has 0 aliphatic rings. The molecule has 2 aromatic rings. The van der Waals surface area contributed by atoms with E-state index in [2.05, 4.69) is 4.37 Å². The van der Waals surface area contributed by atoms with Crippen molar-refractivity contribution in [2.45, 2.75) is 4.21 Å². The predicted molar refractivity (Wildman–Crippen MR) is 57.1 cm³/mol. The van der Waals surface area contributed by atoms with Crippen molar-refractivity contribution in [3.63, 3.8) is 0 Å². The molecule has 15 heavy (non-hydrogen) atoms. The second-order valence-electron chi connectivity index (χ2n) is 2.73. The second kappa shape index (κ2) is 3.54. The number of rotatable bonds is 2. The molecular weight excluding hydrogens is 258 g/mol. The number of hydrogen-bond acceptors (Lipinski definition) is 7. The first-order chi connectivity index (χ1) is 6.97. The van der Waals surface area contributed by atoms with Gasteiger partial charge in [-0.15, -0.1) is 15.7 Å². The molecule has 80 valence electrons. The Morgan fingerprint density at radius 1 is 1.40 bits per heavy atom. The van der Waals surface area contributed by atoms with E-state index >= 15 is 0 Å². The highest BCUT2D eigenvalue weighted by molar-refractivity contribution is 7.92. The fraction of sp³-hybridized carbons (Fsp3) is 0.143. The van der Waals surface area contributed by atoms with Crippen LogP contribution in [0.25, 0.3) is 10.8 Å². The molecule has 0 saturated heterocycles. The summed E-state index contributed by atoms with van der Waals surface area (Å²) in [5, 5.41) is 0. The van der Waals surface area contributed by atoms with Gasteiger partial charge in [-0.05, 0) is 12.1 Å². The van der Waals surface area contributed by atoms with E-state index in [1.165, 1.54) is 6.07 Å². The van der Waals surface area contributed by atoms with Crippen LogP contribution in [0.15, 0.2) is 25.6 Å². The molecular formula is C7H5NO4S3. The zero-order valence-electron chi connectivity index (χ0n) is 7.46. The molecule has 0 aliphatic carbocycles. The van der Waals surface area contributed by atoms with Gasteiger partial charge in [0.05, 0.1) is 16.4 Å². The Hall–Kier alpha value is -0.990. The molecule has 0 unspecified atom stereocenters. The van der Waals surface area contributed by atoms with Crippen LogP contribution in [0.3, 0.4) is 0 Å². The van der Waals surface area contributed by atoms with E-state index in [1.54, 1.807) is 6.07 Å². The van der Waals surface area contributed by atoms with Crippen LogP contribution in [0.4, 0.5) is 0 Å². The van der Waals surface area contributed by atoms with Gasteiger partial charge in [0.25, 0.3) is 5.89 Å². The Morgan fingerprint density at radius 2 is 2.13 bits per heavy atom. The van der Waals surface area contributed by atoms with Crippen molar-refractivity contribution in [1.29, 1.82) is 0 Å². The smallest absolute Gasteiger partial charge is 0.393 e. The van der Waals surface area contributed by atoms with Gasteiger partial charge in [0, 0.05) is 6.26 Å². The summed E-state index contributed by atoms with van der Waals surface area (Å²) >= 11 is 1.73. The molecule has 0 atom stereocenters. The van der Waals surface area contributed by atoms with Gasteiger partial charge >= 0.3 is 4.94 Å². The van der Waals surface area contributed by atoms with Gasteiger partial charge in [-0.25, -0.2) is 13.2 Å². The van der Waals surface area contributed by atoms with Crippen LogP contribution in [0.1, 0.15) is 0 Å². The van der Waals surface area contributed by atoms with Crippen LogP contribution in [-0.2, 0) is 9.84 Å². The molecule has 2 heterocycles. The predicted octanol–water partition coefficient (Wildman–Crippen LogP) is 1.23. The molecule has 5 nitrogen and oxygen atoms in total. The van der Waals surface area contributed by atoms with Crippen LogP contribution >= 0.6 is 22.9 Å². The number of aromatic nitrogens is 1. The molecule has 0 bridgehead atoms. The zero-order chi connectivity index (χ0) is 11.1. The van der Waals surface area contributed by atoms with Crippen molar-refractivity contribution in [2.75, 3.05) is 6.26 Å². The topological polar surface area (TPSA) is 77.2 Å². The Balaban J connectivity index is 2.49. The summed E-state index contributed by atoms with van der Waals surface area (Å²) in [6.07, 6.45) is 1.12. The second-order valence-corrected chi connectivity index (χ2v) is 6.76. The Kier molecular flexibility index (Phi) is 2.49. The summed E-state index contributed by atoms with van der Waals surface area (Å²) in [7, 11) is -3.21. The van der Waals surface area contributed by atoms with E-state index in [9.17, 15) is 13.2 Å². The third-order valence-electron chi connectivity index (χ3n) is 1.54. The SMILES string of the molecule is CS(=O)(=O)c1ccc(-c2nsc(=O)o2)s1. The van der Waals surface area contributed by atoms with Gasteiger partial charge in [0.2, 0.25) is 0 Å². The summed E-state index contributed by atoms with van der Waals surface area (Å²) in [5.41, 5.74) is 0. The third-order valence-corrected chi connectivity index (χ3v) is 4.92. The number of hydrogen-bond donors (Lipinski definition) is 0. The van der Waals surface area contributed by atoms with Gasteiger partial charge in [0.1, 0.15) is 4.21 Å². The molecule has 0 radical (unpaired) electrons. The summed E-state index contributed by atoms with van der Waals surface area (Å²) in [6, 6.07) is 3.04. The monoisotopic (exact) mass is 263 g/mol. The maximum atomic E-state index is 11.2. The van der Waals surface area contributed by atoms with E-state index in [4.69, 9.17) is 4.42 Å². The van der Waals surface area contributed by atoms with Crippen molar-refractivity contribution in [2.24, 2.45) is 0 Å². The van der Waals surface area contributed by atoms with Gasteiger partial charge in [0.15, 0.2) is 9.84 Å². The average molecular weight is 263 g/mol. The molecule has 2 aromatic heterocycles. The molecule has 0 spiro atoms. The number of nitrogens with zero attached hydrogens (tertiary/aromatic N) is 1. The van der Waals surface area contributed by atoms with E-state index in [0.29, 0.717) is 16.4 Å². The molecule has 0 N–H and O–H groups in total. The van der Waals surface area contributed by atoms with Crippen molar-refractivity contribution >= 4 is 32.7 Å². The lowest BCUT2D eigenvalue weighted by Crippen LogP contribution is -1.91. The van der Waals surface area contributed by atoms with E-state index in [0.717, 1.165) is 17.6 Å². The van der Waals surface area contributed by atoms with E-state index in [1.807, 2.05) is 0 Å².